The summed E-state index contributed by atoms with van der Waals surface area (Å²) in [6.07, 6.45) is 2.08. The van der Waals surface area contributed by atoms with Crippen molar-refractivity contribution in [3.05, 3.63) is 0 Å². The van der Waals surface area contributed by atoms with Crippen LogP contribution in [-0.4, -0.2) is 60.9 Å². The zero-order chi connectivity index (χ0) is 13.1. The second-order valence-corrected chi connectivity index (χ2v) is 5.36. The number of ether oxygens (including phenoxy) is 1. The molecule has 1 aliphatic rings. The van der Waals surface area contributed by atoms with Gasteiger partial charge in [-0.3, -0.25) is 9.69 Å². The van der Waals surface area contributed by atoms with Crippen LogP contribution in [0.25, 0.3) is 0 Å². The fraction of sp³-hybridized carbons (Fsp3) is 0.917. The quantitative estimate of drug-likeness (QED) is 0.739. The zero-order valence-electron chi connectivity index (χ0n) is 11.2. The summed E-state index contributed by atoms with van der Waals surface area (Å²) >= 11 is 0. The second-order valence-electron chi connectivity index (χ2n) is 5.36. The van der Waals surface area contributed by atoms with Gasteiger partial charge < -0.3 is 15.2 Å². The van der Waals surface area contributed by atoms with Crippen molar-refractivity contribution in [3.63, 3.8) is 0 Å². The molecule has 5 heteroatoms. The van der Waals surface area contributed by atoms with E-state index in [1.807, 2.05) is 0 Å². The highest BCUT2D eigenvalue weighted by atomic mass is 16.5. The third-order valence-electron chi connectivity index (χ3n) is 3.79. The van der Waals surface area contributed by atoms with Gasteiger partial charge in [-0.05, 0) is 40.3 Å². The number of piperidine rings is 1. The number of carboxylic acid groups (broad SMARTS) is 1. The maximum Gasteiger partial charge on any atom is 0.324 e. The number of aliphatic carboxylic acids is 1. The smallest absolute Gasteiger partial charge is 0.324 e. The highest BCUT2D eigenvalue weighted by molar-refractivity contribution is 5.78. The highest BCUT2D eigenvalue weighted by Crippen LogP contribution is 2.24. The Balaban J connectivity index is 2.65. The minimum Gasteiger partial charge on any atom is -0.480 e. The molecule has 0 bridgehead atoms. The molecule has 0 aromatic heterocycles. The van der Waals surface area contributed by atoms with Crippen LogP contribution in [-0.2, 0) is 9.53 Å². The molecule has 1 rings (SSSR count). The van der Waals surface area contributed by atoms with Gasteiger partial charge >= 0.3 is 5.97 Å². The predicted octanol–water partition coefficient (Wildman–Crippen LogP) is 0.550. The molecule has 2 atom stereocenters. The Morgan fingerprint density at radius 2 is 2.29 bits per heavy atom. The molecule has 17 heavy (non-hydrogen) atoms. The lowest BCUT2D eigenvalue weighted by atomic mass is 9.92. The maximum absolute atomic E-state index is 11.2. The Hall–Kier alpha value is -0.650. The van der Waals surface area contributed by atoms with Crippen LogP contribution in [0.1, 0.15) is 26.7 Å². The van der Waals surface area contributed by atoms with Crippen molar-refractivity contribution in [2.24, 2.45) is 0 Å². The molecule has 100 valence electrons. The van der Waals surface area contributed by atoms with Crippen LogP contribution in [0, 0.1) is 0 Å². The maximum atomic E-state index is 11.2. The summed E-state index contributed by atoms with van der Waals surface area (Å²) in [6, 6.07) is 0. The van der Waals surface area contributed by atoms with E-state index in [2.05, 4.69) is 17.1 Å². The first-order chi connectivity index (χ1) is 7.85. The lowest BCUT2D eigenvalue weighted by molar-refractivity contribution is -0.145. The molecule has 0 spiro atoms. The van der Waals surface area contributed by atoms with Crippen LogP contribution in [0.4, 0.5) is 0 Å². The van der Waals surface area contributed by atoms with Gasteiger partial charge in [-0.2, -0.15) is 0 Å². The highest BCUT2D eigenvalue weighted by Gasteiger charge is 2.37. The van der Waals surface area contributed by atoms with Crippen LogP contribution in [0.2, 0.25) is 0 Å². The van der Waals surface area contributed by atoms with E-state index < -0.39 is 11.5 Å². The summed E-state index contributed by atoms with van der Waals surface area (Å²) in [4.78, 5) is 13.4. The first-order valence-electron chi connectivity index (χ1n) is 6.05. The van der Waals surface area contributed by atoms with E-state index in [-0.39, 0.29) is 5.60 Å². The molecule has 1 aliphatic heterocycles. The van der Waals surface area contributed by atoms with Crippen molar-refractivity contribution in [1.82, 2.24) is 10.2 Å². The van der Waals surface area contributed by atoms with Crippen LogP contribution in [0.15, 0.2) is 0 Å². The number of nitrogens with one attached hydrogen (secondary N) is 1. The van der Waals surface area contributed by atoms with Crippen LogP contribution in [0.5, 0.6) is 0 Å². The molecule has 1 saturated heterocycles. The molecule has 1 fully saturated rings. The average Bonchev–Trinajstić information content (AvgIpc) is 2.29. The van der Waals surface area contributed by atoms with Gasteiger partial charge in [0.1, 0.15) is 5.54 Å². The van der Waals surface area contributed by atoms with Gasteiger partial charge in [0.25, 0.3) is 0 Å². The van der Waals surface area contributed by atoms with Gasteiger partial charge in [0.15, 0.2) is 0 Å². The number of likely N-dealkylation sites (tertiary alicyclic amines) is 1. The van der Waals surface area contributed by atoms with Crippen molar-refractivity contribution in [1.29, 1.82) is 0 Å². The van der Waals surface area contributed by atoms with Gasteiger partial charge in [0.05, 0.1) is 5.60 Å². The molecule has 5 nitrogen and oxygen atoms in total. The number of nitrogens with zero attached hydrogens (tertiary/aromatic N) is 1. The molecule has 0 amide bonds. The van der Waals surface area contributed by atoms with E-state index >= 15 is 0 Å². The average molecular weight is 244 g/mol. The molecular weight excluding hydrogens is 220 g/mol. The Kier molecular flexibility index (Phi) is 4.52. The van der Waals surface area contributed by atoms with Gasteiger partial charge in [-0.1, -0.05) is 0 Å². The Bertz CT molecular complexity index is 285. The van der Waals surface area contributed by atoms with Crippen molar-refractivity contribution in [2.75, 3.05) is 33.8 Å². The molecule has 2 unspecified atom stereocenters. The Morgan fingerprint density at radius 1 is 1.65 bits per heavy atom. The summed E-state index contributed by atoms with van der Waals surface area (Å²) in [5.41, 5.74) is -1.04. The fourth-order valence-electron chi connectivity index (χ4n) is 2.31. The SMILES string of the molecule is CNC(C)(CN1CCCC(C)(OC)C1)C(=O)O. The standard InChI is InChI=1S/C12H24N2O3/c1-11(17-4)6-5-7-14(8-11)9-12(2,13-3)10(15)16/h13H,5-9H2,1-4H3,(H,15,16). The van der Waals surface area contributed by atoms with Crippen LogP contribution in [0.3, 0.4) is 0 Å². The fourth-order valence-corrected chi connectivity index (χ4v) is 2.31. The summed E-state index contributed by atoms with van der Waals surface area (Å²) in [5.74, 6) is -0.815. The lowest BCUT2D eigenvalue weighted by Crippen LogP contribution is -2.59. The topological polar surface area (TPSA) is 61.8 Å². The monoisotopic (exact) mass is 244 g/mol. The first kappa shape index (κ1) is 14.4. The summed E-state index contributed by atoms with van der Waals surface area (Å²) in [6.45, 7) is 6.01. The number of hydrogen-bond acceptors (Lipinski definition) is 4. The predicted molar refractivity (Wildman–Crippen MR) is 66.2 cm³/mol. The third kappa shape index (κ3) is 3.40. The summed E-state index contributed by atoms with van der Waals surface area (Å²) in [5, 5.41) is 12.1. The van der Waals surface area contributed by atoms with E-state index in [1.54, 1.807) is 21.1 Å². The minimum atomic E-state index is -0.897. The molecule has 2 N–H and O–H groups in total. The summed E-state index contributed by atoms with van der Waals surface area (Å²) in [7, 11) is 3.41. The molecular formula is C12H24N2O3. The number of carbonyl (C=O) groups is 1. The van der Waals surface area contributed by atoms with Gasteiger partial charge in [0, 0.05) is 20.2 Å². The lowest BCUT2D eigenvalue weighted by Gasteiger charge is -2.42. The number of carboxylic acids is 1. The van der Waals surface area contributed by atoms with Gasteiger partial charge in [0.2, 0.25) is 0 Å². The number of hydrogen-bond donors (Lipinski definition) is 2. The summed E-state index contributed by atoms with van der Waals surface area (Å²) < 4.78 is 5.51. The Morgan fingerprint density at radius 3 is 2.76 bits per heavy atom. The molecule has 1 heterocycles. The van der Waals surface area contributed by atoms with Crippen molar-refractivity contribution in [2.45, 2.75) is 37.8 Å². The second kappa shape index (κ2) is 5.33. The van der Waals surface area contributed by atoms with Gasteiger partial charge in [-0.25, -0.2) is 0 Å². The zero-order valence-corrected chi connectivity index (χ0v) is 11.2. The molecule has 0 radical (unpaired) electrons. The van der Waals surface area contributed by atoms with Crippen LogP contribution >= 0.6 is 0 Å². The molecule has 0 aromatic carbocycles. The van der Waals surface area contributed by atoms with Crippen molar-refractivity contribution >= 4 is 5.97 Å². The number of rotatable bonds is 5. The normalized spacial score (nSPS) is 29.9. The third-order valence-corrected chi connectivity index (χ3v) is 3.79. The van der Waals surface area contributed by atoms with E-state index in [0.717, 1.165) is 25.9 Å². The van der Waals surface area contributed by atoms with E-state index in [4.69, 9.17) is 4.74 Å². The van der Waals surface area contributed by atoms with E-state index in [0.29, 0.717) is 6.54 Å². The number of likely N-dealkylation sites (N-methyl/N-ethyl adjacent to an activating group) is 1. The van der Waals surface area contributed by atoms with Crippen LogP contribution < -0.4 is 5.32 Å². The largest absolute Gasteiger partial charge is 0.480 e. The van der Waals surface area contributed by atoms with E-state index in [1.165, 1.54) is 0 Å². The number of methoxy groups -OCH3 is 1. The molecule has 0 aliphatic carbocycles. The molecule has 0 aromatic rings. The van der Waals surface area contributed by atoms with Gasteiger partial charge in [-0.15, -0.1) is 0 Å². The first-order valence-corrected chi connectivity index (χ1v) is 6.05. The minimum absolute atomic E-state index is 0.147. The van der Waals surface area contributed by atoms with Crippen molar-refractivity contribution in [3.8, 4) is 0 Å². The van der Waals surface area contributed by atoms with Crippen molar-refractivity contribution < 1.29 is 14.6 Å². The molecule has 0 saturated carbocycles. The Labute approximate surface area is 103 Å². The van der Waals surface area contributed by atoms with E-state index in [9.17, 15) is 9.90 Å².